The van der Waals surface area contributed by atoms with Gasteiger partial charge < -0.3 is 10.6 Å². The van der Waals surface area contributed by atoms with E-state index in [4.69, 9.17) is 0 Å². The first-order chi connectivity index (χ1) is 9.08. The standard InChI is InChI=1S/C13H17N3O3.ClH/c1-9-12(3-2-8-14-9)15-13(17)10-4-6-11(7-5-10)16(18)19;/h4-7,9,12,14H,2-3,8H2,1H3,(H,15,17);1H. The lowest BCUT2D eigenvalue weighted by molar-refractivity contribution is -0.384. The first kappa shape index (κ1) is 16.4. The van der Waals surface area contributed by atoms with Gasteiger partial charge in [0.25, 0.3) is 11.6 Å². The van der Waals surface area contributed by atoms with Crippen LogP contribution in [-0.4, -0.2) is 29.5 Å². The number of carbonyl (C=O) groups is 1. The zero-order valence-corrected chi connectivity index (χ0v) is 12.0. The Bertz CT molecular complexity index is 478. The number of nitro groups is 1. The van der Waals surface area contributed by atoms with Crippen molar-refractivity contribution in [3.05, 3.63) is 39.9 Å². The largest absolute Gasteiger partial charge is 0.348 e. The highest BCUT2D eigenvalue weighted by Gasteiger charge is 2.22. The van der Waals surface area contributed by atoms with Crippen LogP contribution in [0.15, 0.2) is 24.3 Å². The van der Waals surface area contributed by atoms with Crippen molar-refractivity contribution in [3.63, 3.8) is 0 Å². The van der Waals surface area contributed by atoms with Crippen molar-refractivity contribution in [1.82, 2.24) is 10.6 Å². The predicted molar refractivity (Wildman–Crippen MR) is 78.3 cm³/mol. The Morgan fingerprint density at radius 2 is 2.05 bits per heavy atom. The molecule has 1 amide bonds. The van der Waals surface area contributed by atoms with Gasteiger partial charge in [-0.15, -0.1) is 12.4 Å². The van der Waals surface area contributed by atoms with E-state index in [0.717, 1.165) is 19.4 Å². The molecular weight excluding hydrogens is 282 g/mol. The fourth-order valence-electron chi connectivity index (χ4n) is 2.23. The Hall–Kier alpha value is -1.66. The number of benzene rings is 1. The van der Waals surface area contributed by atoms with Gasteiger partial charge in [0.15, 0.2) is 0 Å². The normalized spacial score (nSPS) is 21.6. The summed E-state index contributed by atoms with van der Waals surface area (Å²) in [6.07, 6.45) is 1.99. The summed E-state index contributed by atoms with van der Waals surface area (Å²) in [5.74, 6) is -0.185. The number of halogens is 1. The summed E-state index contributed by atoms with van der Waals surface area (Å²) in [5.41, 5.74) is 0.438. The molecule has 1 saturated heterocycles. The minimum Gasteiger partial charge on any atom is -0.348 e. The molecule has 2 atom stereocenters. The van der Waals surface area contributed by atoms with Gasteiger partial charge in [-0.25, -0.2) is 0 Å². The highest BCUT2D eigenvalue weighted by Crippen LogP contribution is 2.13. The van der Waals surface area contributed by atoms with Gasteiger partial charge in [0.2, 0.25) is 0 Å². The van der Waals surface area contributed by atoms with Gasteiger partial charge in [-0.3, -0.25) is 14.9 Å². The zero-order valence-electron chi connectivity index (χ0n) is 11.2. The molecule has 0 bridgehead atoms. The van der Waals surface area contributed by atoms with Crippen LogP contribution in [0.25, 0.3) is 0 Å². The summed E-state index contributed by atoms with van der Waals surface area (Å²) in [6.45, 7) is 3.02. The van der Waals surface area contributed by atoms with Crippen molar-refractivity contribution in [2.24, 2.45) is 0 Å². The molecular formula is C13H18ClN3O3. The van der Waals surface area contributed by atoms with Gasteiger partial charge >= 0.3 is 0 Å². The van der Waals surface area contributed by atoms with Crippen molar-refractivity contribution in [2.75, 3.05) is 6.54 Å². The molecule has 0 radical (unpaired) electrons. The van der Waals surface area contributed by atoms with Crippen LogP contribution >= 0.6 is 12.4 Å². The lowest BCUT2D eigenvalue weighted by Gasteiger charge is -2.30. The quantitative estimate of drug-likeness (QED) is 0.659. The molecule has 0 aromatic heterocycles. The van der Waals surface area contributed by atoms with E-state index in [1.807, 2.05) is 6.92 Å². The Balaban J connectivity index is 0.00000200. The second-order valence-electron chi connectivity index (χ2n) is 4.77. The fraction of sp³-hybridized carbons (Fsp3) is 0.462. The van der Waals surface area contributed by atoms with Crippen LogP contribution in [0.4, 0.5) is 5.69 Å². The van der Waals surface area contributed by atoms with Crippen LogP contribution in [0.3, 0.4) is 0 Å². The first-order valence-electron chi connectivity index (χ1n) is 6.36. The Labute approximate surface area is 123 Å². The number of hydrogen-bond acceptors (Lipinski definition) is 4. The maximum Gasteiger partial charge on any atom is 0.269 e. The van der Waals surface area contributed by atoms with Crippen molar-refractivity contribution in [2.45, 2.75) is 31.8 Å². The van der Waals surface area contributed by atoms with E-state index in [9.17, 15) is 14.9 Å². The predicted octanol–water partition coefficient (Wildman–Crippen LogP) is 1.89. The van der Waals surface area contributed by atoms with Crippen LogP contribution in [0.1, 0.15) is 30.1 Å². The molecule has 6 nitrogen and oxygen atoms in total. The number of amides is 1. The number of nitrogens with one attached hydrogen (secondary N) is 2. The van der Waals surface area contributed by atoms with Gasteiger partial charge in [0, 0.05) is 29.8 Å². The van der Waals surface area contributed by atoms with Crippen LogP contribution in [0, 0.1) is 10.1 Å². The maximum absolute atomic E-state index is 12.0. The smallest absolute Gasteiger partial charge is 0.269 e. The molecule has 1 fully saturated rings. The minimum atomic E-state index is -0.477. The summed E-state index contributed by atoms with van der Waals surface area (Å²) >= 11 is 0. The van der Waals surface area contributed by atoms with Gasteiger partial charge in [0.1, 0.15) is 0 Å². The molecule has 2 unspecified atom stereocenters. The highest BCUT2D eigenvalue weighted by atomic mass is 35.5. The number of rotatable bonds is 3. The van der Waals surface area contributed by atoms with Gasteiger partial charge in [-0.1, -0.05) is 0 Å². The zero-order chi connectivity index (χ0) is 13.8. The Kier molecular flexibility index (Phi) is 5.91. The SMILES string of the molecule is CC1NCCCC1NC(=O)c1ccc([N+](=O)[O-])cc1.Cl. The van der Waals surface area contributed by atoms with Crippen molar-refractivity contribution in [1.29, 1.82) is 0 Å². The second kappa shape index (κ2) is 7.21. The summed E-state index contributed by atoms with van der Waals surface area (Å²) < 4.78 is 0. The molecule has 110 valence electrons. The monoisotopic (exact) mass is 299 g/mol. The van der Waals surface area contributed by atoms with E-state index < -0.39 is 4.92 Å². The molecule has 0 spiro atoms. The molecule has 1 aromatic carbocycles. The van der Waals surface area contributed by atoms with Crippen LogP contribution in [-0.2, 0) is 0 Å². The van der Waals surface area contributed by atoms with E-state index in [2.05, 4.69) is 10.6 Å². The van der Waals surface area contributed by atoms with Crippen LogP contribution < -0.4 is 10.6 Å². The number of piperidine rings is 1. The van der Waals surface area contributed by atoms with E-state index in [0.29, 0.717) is 5.56 Å². The van der Waals surface area contributed by atoms with Crippen molar-refractivity contribution >= 4 is 24.0 Å². The van der Waals surface area contributed by atoms with E-state index >= 15 is 0 Å². The van der Waals surface area contributed by atoms with Crippen molar-refractivity contribution < 1.29 is 9.72 Å². The minimum absolute atomic E-state index is 0. The summed E-state index contributed by atoms with van der Waals surface area (Å²) in [4.78, 5) is 22.1. The number of nitrogens with zero attached hydrogens (tertiary/aromatic N) is 1. The van der Waals surface area contributed by atoms with Crippen LogP contribution in [0.5, 0.6) is 0 Å². The van der Waals surface area contributed by atoms with Crippen molar-refractivity contribution in [3.8, 4) is 0 Å². The molecule has 2 rings (SSSR count). The molecule has 0 saturated carbocycles. The summed E-state index contributed by atoms with van der Waals surface area (Å²) in [6, 6.07) is 6.00. The lowest BCUT2D eigenvalue weighted by atomic mass is 9.99. The summed E-state index contributed by atoms with van der Waals surface area (Å²) in [5, 5.41) is 16.8. The molecule has 20 heavy (non-hydrogen) atoms. The molecule has 0 aliphatic carbocycles. The molecule has 2 N–H and O–H groups in total. The lowest BCUT2D eigenvalue weighted by Crippen LogP contribution is -2.51. The number of hydrogen-bond donors (Lipinski definition) is 2. The number of nitro benzene ring substituents is 1. The number of carbonyl (C=O) groups excluding carboxylic acids is 1. The topological polar surface area (TPSA) is 84.3 Å². The fourth-order valence-corrected chi connectivity index (χ4v) is 2.23. The van der Waals surface area contributed by atoms with E-state index in [1.54, 1.807) is 0 Å². The molecule has 7 heteroatoms. The second-order valence-corrected chi connectivity index (χ2v) is 4.77. The van der Waals surface area contributed by atoms with Crippen LogP contribution in [0.2, 0.25) is 0 Å². The third kappa shape index (κ3) is 3.91. The number of non-ortho nitro benzene ring substituents is 1. The third-order valence-electron chi connectivity index (χ3n) is 3.42. The molecule has 1 aromatic rings. The Morgan fingerprint density at radius 1 is 1.40 bits per heavy atom. The average molecular weight is 300 g/mol. The van der Waals surface area contributed by atoms with Gasteiger partial charge in [-0.05, 0) is 38.4 Å². The first-order valence-corrected chi connectivity index (χ1v) is 6.36. The van der Waals surface area contributed by atoms with E-state index in [-0.39, 0.29) is 36.1 Å². The maximum atomic E-state index is 12.0. The summed E-state index contributed by atoms with van der Waals surface area (Å²) in [7, 11) is 0. The third-order valence-corrected chi connectivity index (χ3v) is 3.42. The average Bonchev–Trinajstić information content (AvgIpc) is 2.41. The Morgan fingerprint density at radius 3 is 2.60 bits per heavy atom. The van der Waals surface area contributed by atoms with Gasteiger partial charge in [-0.2, -0.15) is 0 Å². The highest BCUT2D eigenvalue weighted by molar-refractivity contribution is 5.94. The molecule has 1 aliphatic rings. The molecule has 1 heterocycles. The van der Waals surface area contributed by atoms with E-state index in [1.165, 1.54) is 24.3 Å². The molecule has 1 aliphatic heterocycles. The van der Waals surface area contributed by atoms with Gasteiger partial charge in [0.05, 0.1) is 4.92 Å².